The van der Waals surface area contributed by atoms with Crippen LogP contribution in [0.25, 0.3) is 20.8 Å². The first kappa shape index (κ1) is 20.4. The predicted molar refractivity (Wildman–Crippen MR) is 125 cm³/mol. The van der Waals surface area contributed by atoms with E-state index in [1.807, 2.05) is 24.3 Å². The molecule has 2 aliphatic heterocycles. The molecular formula is C22H28N6O2S. The highest BCUT2D eigenvalue weighted by molar-refractivity contribution is 7.21. The molecule has 2 saturated heterocycles. The van der Waals surface area contributed by atoms with Crippen LogP contribution in [0.15, 0.2) is 29.1 Å². The van der Waals surface area contributed by atoms with Gasteiger partial charge in [0.2, 0.25) is 5.95 Å². The van der Waals surface area contributed by atoms with E-state index < -0.39 is 0 Å². The first-order chi connectivity index (χ1) is 15.2. The highest BCUT2D eigenvalue weighted by atomic mass is 32.1. The molecule has 31 heavy (non-hydrogen) atoms. The van der Waals surface area contributed by atoms with Crippen LogP contribution in [0.2, 0.25) is 0 Å². The van der Waals surface area contributed by atoms with Crippen molar-refractivity contribution in [3.63, 3.8) is 0 Å². The quantitative estimate of drug-likeness (QED) is 0.561. The van der Waals surface area contributed by atoms with E-state index in [-0.39, 0.29) is 17.7 Å². The number of methoxy groups -OCH3 is 1. The lowest BCUT2D eigenvalue weighted by atomic mass is 10.1. The molecule has 1 unspecified atom stereocenters. The first-order valence-corrected chi connectivity index (χ1v) is 11.8. The van der Waals surface area contributed by atoms with Crippen LogP contribution in [-0.4, -0.2) is 60.4 Å². The third-order valence-corrected chi connectivity index (χ3v) is 7.18. The minimum absolute atomic E-state index is 0.149. The molecule has 3 aromatic rings. The lowest BCUT2D eigenvalue weighted by Crippen LogP contribution is -2.40. The summed E-state index contributed by atoms with van der Waals surface area (Å²) in [4.78, 5) is 28.1. The normalized spacial score (nSPS) is 20.3. The van der Waals surface area contributed by atoms with E-state index in [2.05, 4.69) is 20.5 Å². The molecule has 2 aromatic heterocycles. The lowest BCUT2D eigenvalue weighted by molar-refractivity contribution is 0.0816. The maximum Gasteiger partial charge on any atom is 0.264 e. The fourth-order valence-electron chi connectivity index (χ4n) is 4.36. The van der Waals surface area contributed by atoms with Gasteiger partial charge in [0.05, 0.1) is 16.3 Å². The van der Waals surface area contributed by atoms with Crippen LogP contribution in [0.1, 0.15) is 25.7 Å². The summed E-state index contributed by atoms with van der Waals surface area (Å²) in [6.07, 6.45) is 4.28. The molecule has 5 rings (SSSR count). The molecule has 0 amide bonds. The van der Waals surface area contributed by atoms with Crippen molar-refractivity contribution in [1.82, 2.24) is 20.3 Å². The van der Waals surface area contributed by atoms with E-state index in [0.29, 0.717) is 22.3 Å². The van der Waals surface area contributed by atoms with Gasteiger partial charge in [0.25, 0.3) is 5.56 Å². The number of piperidine rings is 2. The number of nitrogens with one attached hydrogen (secondary N) is 3. The number of rotatable bonds is 5. The number of para-hydroxylation sites is 1. The number of hydrogen-bond donors (Lipinski definition) is 3. The molecule has 0 aliphatic carbocycles. The fraction of sp³-hybridized carbons (Fsp3) is 0.500. The highest BCUT2D eigenvalue weighted by Crippen LogP contribution is 2.33. The first-order valence-electron chi connectivity index (χ1n) is 11.0. The number of anilines is 2. The third-order valence-electron chi connectivity index (χ3n) is 6.13. The molecule has 8 nitrogen and oxygen atoms in total. The van der Waals surface area contributed by atoms with Crippen molar-refractivity contribution in [2.24, 2.45) is 0 Å². The molecule has 0 spiro atoms. The zero-order valence-electron chi connectivity index (χ0n) is 17.7. The summed E-state index contributed by atoms with van der Waals surface area (Å²) in [7, 11) is 1.76. The monoisotopic (exact) mass is 440 g/mol. The van der Waals surface area contributed by atoms with Gasteiger partial charge in [0.1, 0.15) is 16.4 Å². The van der Waals surface area contributed by atoms with E-state index in [1.54, 1.807) is 7.11 Å². The summed E-state index contributed by atoms with van der Waals surface area (Å²) < 4.78 is 6.55. The second kappa shape index (κ2) is 8.94. The molecule has 2 fully saturated rings. The maximum atomic E-state index is 13.3. The van der Waals surface area contributed by atoms with Crippen LogP contribution < -0.4 is 21.1 Å². The molecule has 164 valence electrons. The highest BCUT2D eigenvalue weighted by Gasteiger charge is 2.25. The SMILES string of the molecule is COC1CCN(c2nc(NC3CCCNC3)c(-c3nc4ccccc4s3)c(=O)[nH]2)CC1. The van der Waals surface area contributed by atoms with Gasteiger partial charge in [-0.1, -0.05) is 12.1 Å². The molecule has 4 heterocycles. The topological polar surface area (TPSA) is 95.2 Å². The van der Waals surface area contributed by atoms with Gasteiger partial charge in [-0.3, -0.25) is 9.78 Å². The summed E-state index contributed by atoms with van der Waals surface area (Å²) in [6.45, 7) is 3.52. The van der Waals surface area contributed by atoms with Crippen molar-refractivity contribution in [3.05, 3.63) is 34.6 Å². The van der Waals surface area contributed by atoms with Gasteiger partial charge in [-0.2, -0.15) is 4.98 Å². The zero-order chi connectivity index (χ0) is 21.2. The summed E-state index contributed by atoms with van der Waals surface area (Å²) in [6, 6.07) is 8.21. The van der Waals surface area contributed by atoms with E-state index >= 15 is 0 Å². The van der Waals surface area contributed by atoms with Gasteiger partial charge in [-0.05, 0) is 44.4 Å². The van der Waals surface area contributed by atoms with E-state index in [4.69, 9.17) is 14.7 Å². The Bertz CT molecular complexity index is 1070. The third kappa shape index (κ3) is 4.30. The van der Waals surface area contributed by atoms with E-state index in [1.165, 1.54) is 11.3 Å². The van der Waals surface area contributed by atoms with Crippen LogP contribution in [0.4, 0.5) is 11.8 Å². The number of benzene rings is 1. The second-order valence-corrected chi connectivity index (χ2v) is 9.24. The van der Waals surface area contributed by atoms with Gasteiger partial charge in [0, 0.05) is 32.8 Å². The molecule has 1 atom stereocenters. The Hall–Kier alpha value is -2.49. The minimum Gasteiger partial charge on any atom is -0.381 e. The molecule has 0 radical (unpaired) electrons. The summed E-state index contributed by atoms with van der Waals surface area (Å²) >= 11 is 1.53. The van der Waals surface area contributed by atoms with Crippen LogP contribution in [0, 0.1) is 0 Å². The van der Waals surface area contributed by atoms with Gasteiger partial charge in [-0.25, -0.2) is 4.98 Å². The fourth-order valence-corrected chi connectivity index (χ4v) is 5.37. The molecule has 2 aliphatic rings. The number of aromatic nitrogens is 3. The Morgan fingerprint density at radius 3 is 2.77 bits per heavy atom. The van der Waals surface area contributed by atoms with Crippen molar-refractivity contribution < 1.29 is 4.74 Å². The average molecular weight is 441 g/mol. The van der Waals surface area contributed by atoms with E-state index in [9.17, 15) is 4.79 Å². The van der Waals surface area contributed by atoms with Gasteiger partial charge < -0.3 is 20.3 Å². The number of hydrogen-bond acceptors (Lipinski definition) is 8. The minimum atomic E-state index is -0.149. The molecule has 9 heteroatoms. The molecule has 0 bridgehead atoms. The number of aromatic amines is 1. The summed E-state index contributed by atoms with van der Waals surface area (Å²) in [5, 5.41) is 7.68. The maximum absolute atomic E-state index is 13.3. The van der Waals surface area contributed by atoms with Crippen LogP contribution in [0.5, 0.6) is 0 Å². The number of H-pyrrole nitrogens is 1. The van der Waals surface area contributed by atoms with Crippen LogP contribution >= 0.6 is 11.3 Å². The number of thiazole rings is 1. The Balaban J connectivity index is 1.53. The number of nitrogens with zero attached hydrogens (tertiary/aromatic N) is 3. The van der Waals surface area contributed by atoms with Gasteiger partial charge >= 0.3 is 0 Å². The van der Waals surface area contributed by atoms with Crippen molar-refractivity contribution in [1.29, 1.82) is 0 Å². The Kier molecular flexibility index (Phi) is 5.89. The Morgan fingerprint density at radius 1 is 1.19 bits per heavy atom. The van der Waals surface area contributed by atoms with Gasteiger partial charge in [0.15, 0.2) is 0 Å². The standard InChI is InChI=1S/C22H28N6O2S/c1-30-15-8-11-28(12-9-15)22-26-19(24-14-5-4-10-23-13-14)18(20(29)27-22)21-25-16-6-2-3-7-17(16)31-21/h2-3,6-7,14-15,23H,4-5,8-13H2,1H3,(H2,24,26,27,29). The molecule has 1 aromatic carbocycles. The van der Waals surface area contributed by atoms with Crippen LogP contribution in [0.3, 0.4) is 0 Å². The van der Waals surface area contributed by atoms with Crippen molar-refractivity contribution >= 4 is 33.3 Å². The molecule has 3 N–H and O–H groups in total. The Labute approximate surface area is 185 Å². The second-order valence-electron chi connectivity index (χ2n) is 8.21. The lowest BCUT2D eigenvalue weighted by Gasteiger charge is -2.32. The van der Waals surface area contributed by atoms with E-state index in [0.717, 1.165) is 62.1 Å². The van der Waals surface area contributed by atoms with Crippen LogP contribution in [-0.2, 0) is 4.74 Å². The van der Waals surface area contributed by atoms with Gasteiger partial charge in [-0.15, -0.1) is 11.3 Å². The van der Waals surface area contributed by atoms with Crippen molar-refractivity contribution in [2.45, 2.75) is 37.8 Å². The zero-order valence-corrected chi connectivity index (χ0v) is 18.5. The number of ether oxygens (including phenoxy) is 1. The smallest absolute Gasteiger partial charge is 0.264 e. The predicted octanol–water partition coefficient (Wildman–Crippen LogP) is 2.83. The summed E-state index contributed by atoms with van der Waals surface area (Å²) in [5.74, 6) is 1.25. The van der Waals surface area contributed by atoms with Crippen molar-refractivity contribution in [2.75, 3.05) is 43.5 Å². The molecule has 0 saturated carbocycles. The molecular weight excluding hydrogens is 412 g/mol. The average Bonchev–Trinajstić information content (AvgIpc) is 3.23. The largest absolute Gasteiger partial charge is 0.381 e. The van der Waals surface area contributed by atoms with Crippen molar-refractivity contribution in [3.8, 4) is 10.6 Å². The number of fused-ring (bicyclic) bond motifs is 1. The Morgan fingerprint density at radius 2 is 2.03 bits per heavy atom. The summed E-state index contributed by atoms with van der Waals surface area (Å²) in [5.41, 5.74) is 1.28.